The molecule has 170 valence electrons. The van der Waals surface area contributed by atoms with Crippen molar-refractivity contribution in [3.63, 3.8) is 0 Å². The summed E-state index contributed by atoms with van der Waals surface area (Å²) in [6.07, 6.45) is 6.39. The molecule has 8 heteroatoms. The number of hydrogen-bond donors (Lipinski definition) is 2. The van der Waals surface area contributed by atoms with Gasteiger partial charge in [-0.25, -0.2) is 0 Å². The predicted molar refractivity (Wildman–Crippen MR) is 126 cm³/mol. The average molecular weight is 447 g/mol. The number of aromatic nitrogens is 1. The predicted octanol–water partition coefficient (Wildman–Crippen LogP) is 3.72. The summed E-state index contributed by atoms with van der Waals surface area (Å²) in [4.78, 5) is 39.6. The Balaban J connectivity index is 1.55. The lowest BCUT2D eigenvalue weighted by Crippen LogP contribution is -2.43. The standard InChI is InChI=1S/C25H26N4O4/c1-17-15-22(28-33-17)27-23(30)13-14-25(32)29(16-24(31)26-19-9-3-4-10-19)21-12-6-8-18-7-2-5-11-20(18)21/h2,5-8,11-15,19H,3-4,9-10,16H2,1H3,(H,26,31)(H,27,28,30). The maximum atomic E-state index is 13.2. The summed E-state index contributed by atoms with van der Waals surface area (Å²) in [6, 6.07) is 15.0. The van der Waals surface area contributed by atoms with Crippen molar-refractivity contribution in [3.8, 4) is 0 Å². The van der Waals surface area contributed by atoms with E-state index in [0.29, 0.717) is 11.4 Å². The second kappa shape index (κ2) is 10.1. The highest BCUT2D eigenvalue weighted by Gasteiger charge is 2.23. The van der Waals surface area contributed by atoms with Crippen LogP contribution in [0.1, 0.15) is 31.4 Å². The summed E-state index contributed by atoms with van der Waals surface area (Å²) < 4.78 is 4.92. The molecule has 1 saturated carbocycles. The van der Waals surface area contributed by atoms with Gasteiger partial charge >= 0.3 is 0 Å². The topological polar surface area (TPSA) is 105 Å². The number of hydrogen-bond acceptors (Lipinski definition) is 5. The summed E-state index contributed by atoms with van der Waals surface area (Å²) in [5.41, 5.74) is 0.608. The highest BCUT2D eigenvalue weighted by molar-refractivity contribution is 6.12. The van der Waals surface area contributed by atoms with Crippen molar-refractivity contribution in [2.45, 2.75) is 38.6 Å². The van der Waals surface area contributed by atoms with Gasteiger partial charge in [0.1, 0.15) is 12.3 Å². The fraction of sp³-hybridized carbons (Fsp3) is 0.280. The van der Waals surface area contributed by atoms with Crippen LogP contribution in [0.3, 0.4) is 0 Å². The molecule has 0 spiro atoms. The lowest BCUT2D eigenvalue weighted by atomic mass is 10.1. The monoisotopic (exact) mass is 446 g/mol. The van der Waals surface area contributed by atoms with Gasteiger partial charge < -0.3 is 15.2 Å². The Morgan fingerprint density at radius 2 is 1.85 bits per heavy atom. The van der Waals surface area contributed by atoms with E-state index in [2.05, 4.69) is 15.8 Å². The number of carbonyl (C=O) groups is 3. The summed E-state index contributed by atoms with van der Waals surface area (Å²) in [5.74, 6) is -0.402. The quantitative estimate of drug-likeness (QED) is 0.538. The van der Waals surface area contributed by atoms with Crippen LogP contribution in [0, 0.1) is 6.92 Å². The van der Waals surface area contributed by atoms with Crippen molar-refractivity contribution in [2.75, 3.05) is 16.8 Å². The molecular weight excluding hydrogens is 420 g/mol. The molecule has 0 radical (unpaired) electrons. The van der Waals surface area contributed by atoms with E-state index in [4.69, 9.17) is 4.52 Å². The minimum atomic E-state index is -0.523. The Kier molecular flexibility index (Phi) is 6.83. The molecule has 33 heavy (non-hydrogen) atoms. The van der Waals surface area contributed by atoms with Crippen molar-refractivity contribution >= 4 is 40.0 Å². The number of fused-ring (bicyclic) bond motifs is 1. The number of benzene rings is 2. The Hall–Kier alpha value is -3.94. The zero-order valence-electron chi connectivity index (χ0n) is 18.4. The van der Waals surface area contributed by atoms with Crippen LogP contribution in [-0.4, -0.2) is 35.5 Å². The molecule has 0 bridgehead atoms. The minimum absolute atomic E-state index is 0.141. The molecule has 0 unspecified atom stereocenters. The van der Waals surface area contributed by atoms with Crippen LogP contribution in [0.5, 0.6) is 0 Å². The molecule has 3 amide bonds. The third-order valence-electron chi connectivity index (χ3n) is 5.60. The van der Waals surface area contributed by atoms with Crippen molar-refractivity contribution < 1.29 is 18.9 Å². The van der Waals surface area contributed by atoms with E-state index in [1.807, 2.05) is 36.4 Å². The van der Waals surface area contributed by atoms with Gasteiger partial charge in [0.05, 0.1) is 5.69 Å². The first-order valence-electron chi connectivity index (χ1n) is 11.0. The van der Waals surface area contributed by atoms with Crippen molar-refractivity contribution in [3.05, 3.63) is 66.4 Å². The lowest BCUT2D eigenvalue weighted by Gasteiger charge is -2.23. The normalized spacial score (nSPS) is 14.0. The van der Waals surface area contributed by atoms with Crippen molar-refractivity contribution in [1.29, 1.82) is 0 Å². The van der Waals surface area contributed by atoms with Crippen LogP contribution in [-0.2, 0) is 14.4 Å². The van der Waals surface area contributed by atoms with Crippen LogP contribution in [0.4, 0.5) is 11.5 Å². The molecule has 1 aromatic heterocycles. The van der Waals surface area contributed by atoms with Crippen LogP contribution < -0.4 is 15.5 Å². The second-order valence-electron chi connectivity index (χ2n) is 8.12. The minimum Gasteiger partial charge on any atom is -0.360 e. The van der Waals surface area contributed by atoms with Gasteiger partial charge in [-0.1, -0.05) is 54.4 Å². The zero-order valence-corrected chi connectivity index (χ0v) is 18.4. The molecule has 0 aliphatic heterocycles. The number of rotatable bonds is 7. The molecular formula is C25H26N4O4. The smallest absolute Gasteiger partial charge is 0.251 e. The van der Waals surface area contributed by atoms with Gasteiger partial charge in [0.15, 0.2) is 5.82 Å². The van der Waals surface area contributed by atoms with E-state index in [-0.39, 0.29) is 24.3 Å². The maximum absolute atomic E-state index is 13.2. The molecule has 3 aromatic rings. The number of nitrogens with one attached hydrogen (secondary N) is 2. The number of carbonyl (C=O) groups excluding carboxylic acids is 3. The van der Waals surface area contributed by atoms with Gasteiger partial charge in [-0.05, 0) is 31.2 Å². The summed E-state index contributed by atoms with van der Waals surface area (Å²) in [6.45, 7) is 1.57. The molecule has 1 aliphatic carbocycles. The fourth-order valence-corrected chi connectivity index (χ4v) is 4.04. The maximum Gasteiger partial charge on any atom is 0.251 e. The van der Waals surface area contributed by atoms with E-state index >= 15 is 0 Å². The number of nitrogens with zero attached hydrogens (tertiary/aromatic N) is 2. The Morgan fingerprint density at radius 1 is 1.09 bits per heavy atom. The van der Waals surface area contributed by atoms with Gasteiger partial charge in [0.2, 0.25) is 11.8 Å². The van der Waals surface area contributed by atoms with E-state index in [1.165, 1.54) is 4.90 Å². The Bertz CT molecular complexity index is 1190. The van der Waals surface area contributed by atoms with Crippen molar-refractivity contribution in [2.24, 2.45) is 0 Å². The van der Waals surface area contributed by atoms with E-state index in [0.717, 1.165) is 48.6 Å². The molecule has 8 nitrogen and oxygen atoms in total. The highest BCUT2D eigenvalue weighted by atomic mass is 16.5. The van der Waals surface area contributed by atoms with Gasteiger partial charge in [-0.2, -0.15) is 0 Å². The molecule has 0 saturated heterocycles. The van der Waals surface area contributed by atoms with Gasteiger partial charge in [0.25, 0.3) is 5.91 Å². The van der Waals surface area contributed by atoms with E-state index in [9.17, 15) is 14.4 Å². The van der Waals surface area contributed by atoms with Gasteiger partial charge in [0, 0.05) is 29.6 Å². The van der Waals surface area contributed by atoms with Crippen LogP contribution in [0.25, 0.3) is 10.8 Å². The third-order valence-corrected chi connectivity index (χ3v) is 5.60. The molecule has 1 aliphatic rings. The van der Waals surface area contributed by atoms with Crippen LogP contribution in [0.2, 0.25) is 0 Å². The first-order chi connectivity index (χ1) is 16.0. The van der Waals surface area contributed by atoms with Gasteiger partial charge in [-0.3, -0.25) is 19.3 Å². The Morgan fingerprint density at radius 3 is 2.61 bits per heavy atom. The second-order valence-corrected chi connectivity index (χ2v) is 8.12. The summed E-state index contributed by atoms with van der Waals surface area (Å²) in [5, 5.41) is 11.1. The van der Waals surface area contributed by atoms with Gasteiger partial charge in [-0.15, -0.1) is 0 Å². The Labute approximate surface area is 191 Å². The number of anilines is 2. The molecule has 0 atom stereocenters. The summed E-state index contributed by atoms with van der Waals surface area (Å²) >= 11 is 0. The summed E-state index contributed by atoms with van der Waals surface area (Å²) in [7, 11) is 0. The molecule has 4 rings (SSSR count). The molecule has 2 N–H and O–H groups in total. The van der Waals surface area contributed by atoms with E-state index < -0.39 is 11.8 Å². The molecule has 1 heterocycles. The lowest BCUT2D eigenvalue weighted by molar-refractivity contribution is -0.122. The zero-order chi connectivity index (χ0) is 23.2. The number of amides is 3. The average Bonchev–Trinajstić information content (AvgIpc) is 3.47. The molecule has 1 fully saturated rings. The largest absolute Gasteiger partial charge is 0.360 e. The first kappa shape index (κ1) is 22.3. The first-order valence-corrected chi connectivity index (χ1v) is 11.0. The SMILES string of the molecule is Cc1cc(NC(=O)C=CC(=O)N(CC(=O)NC2CCCC2)c2cccc3ccccc23)no1. The van der Waals surface area contributed by atoms with Crippen LogP contribution in [0.15, 0.2) is 65.2 Å². The highest BCUT2D eigenvalue weighted by Crippen LogP contribution is 2.27. The fourth-order valence-electron chi connectivity index (χ4n) is 4.04. The van der Waals surface area contributed by atoms with Crippen molar-refractivity contribution in [1.82, 2.24) is 10.5 Å². The number of aryl methyl sites for hydroxylation is 1. The molecule has 2 aromatic carbocycles. The third kappa shape index (κ3) is 5.65. The van der Waals surface area contributed by atoms with Crippen LogP contribution >= 0.6 is 0 Å². The van der Waals surface area contributed by atoms with E-state index in [1.54, 1.807) is 19.1 Å².